The first-order chi connectivity index (χ1) is 11.9. The summed E-state index contributed by atoms with van der Waals surface area (Å²) in [6, 6.07) is 3.22. The molecule has 0 aliphatic rings. The first kappa shape index (κ1) is 19.5. The third-order valence-corrected chi connectivity index (χ3v) is 4.23. The minimum atomic E-state index is -1.83. The predicted octanol–water partition coefficient (Wildman–Crippen LogP) is 0.426. The SMILES string of the molecule is CCc1cc2oc(=O)n(CC(N)(CO)C(=O)OCCCO)c2cc1Cl. The average molecular weight is 373 g/mol. The van der Waals surface area contributed by atoms with Crippen molar-refractivity contribution < 1.29 is 24.2 Å². The molecule has 1 aromatic heterocycles. The highest BCUT2D eigenvalue weighted by atomic mass is 35.5. The molecule has 1 unspecified atom stereocenters. The van der Waals surface area contributed by atoms with Gasteiger partial charge in [0.25, 0.3) is 0 Å². The lowest BCUT2D eigenvalue weighted by molar-refractivity contribution is -0.152. The Balaban J connectivity index is 2.37. The van der Waals surface area contributed by atoms with Crippen LogP contribution in [0.2, 0.25) is 5.02 Å². The Morgan fingerprint density at radius 1 is 1.44 bits per heavy atom. The van der Waals surface area contributed by atoms with Crippen molar-refractivity contribution in [1.82, 2.24) is 4.57 Å². The van der Waals surface area contributed by atoms with Gasteiger partial charge in [0.15, 0.2) is 11.1 Å². The number of benzene rings is 1. The van der Waals surface area contributed by atoms with Crippen molar-refractivity contribution in [2.45, 2.75) is 31.8 Å². The number of esters is 1. The van der Waals surface area contributed by atoms with Gasteiger partial charge in [0.2, 0.25) is 0 Å². The number of fused-ring (bicyclic) bond motifs is 1. The van der Waals surface area contributed by atoms with E-state index in [2.05, 4.69) is 0 Å². The normalized spacial score (nSPS) is 13.8. The van der Waals surface area contributed by atoms with E-state index in [1.54, 1.807) is 12.1 Å². The smallest absolute Gasteiger partial charge is 0.420 e. The van der Waals surface area contributed by atoms with Gasteiger partial charge in [-0.05, 0) is 24.1 Å². The topological polar surface area (TPSA) is 128 Å². The standard InChI is InChI=1S/C16H21ClN2O6/c1-2-10-6-13-12(7-11(10)17)19(15(23)25-13)8-16(18,9-21)14(22)24-5-3-4-20/h6-7,20-21H,2-5,8-9,18H2,1H3. The second kappa shape index (κ2) is 8.01. The summed E-state index contributed by atoms with van der Waals surface area (Å²) in [7, 11) is 0. The molecular formula is C16H21ClN2O6. The van der Waals surface area contributed by atoms with Gasteiger partial charge in [-0.15, -0.1) is 0 Å². The van der Waals surface area contributed by atoms with Gasteiger partial charge in [-0.3, -0.25) is 4.57 Å². The number of aryl methyl sites for hydroxylation is 1. The fraction of sp³-hybridized carbons (Fsp3) is 0.500. The summed E-state index contributed by atoms with van der Waals surface area (Å²) < 4.78 is 11.3. The number of oxazole rings is 1. The van der Waals surface area contributed by atoms with Crippen molar-refractivity contribution in [3.63, 3.8) is 0 Å². The molecule has 4 N–H and O–H groups in total. The monoisotopic (exact) mass is 372 g/mol. The van der Waals surface area contributed by atoms with Gasteiger partial charge in [-0.25, -0.2) is 9.59 Å². The molecule has 0 aliphatic heterocycles. The predicted molar refractivity (Wildman–Crippen MR) is 91.5 cm³/mol. The van der Waals surface area contributed by atoms with E-state index in [0.29, 0.717) is 22.5 Å². The van der Waals surface area contributed by atoms with Gasteiger partial charge < -0.3 is 25.1 Å². The first-order valence-corrected chi connectivity index (χ1v) is 8.23. The van der Waals surface area contributed by atoms with Crippen LogP contribution in [-0.4, -0.2) is 46.1 Å². The van der Waals surface area contributed by atoms with Crippen LogP contribution in [0.15, 0.2) is 21.3 Å². The molecule has 0 bridgehead atoms. The summed E-state index contributed by atoms with van der Waals surface area (Å²) in [6.45, 7) is 0.663. The molecule has 0 spiro atoms. The Morgan fingerprint density at radius 2 is 2.16 bits per heavy atom. The number of nitrogens with two attached hydrogens (primary N) is 1. The molecule has 0 aliphatic carbocycles. The highest BCUT2D eigenvalue weighted by Gasteiger charge is 2.37. The summed E-state index contributed by atoms with van der Waals surface area (Å²) >= 11 is 6.18. The number of carbonyl (C=O) groups excluding carboxylic acids is 1. The summed E-state index contributed by atoms with van der Waals surface area (Å²) in [5, 5.41) is 18.8. The van der Waals surface area contributed by atoms with Gasteiger partial charge in [0, 0.05) is 18.1 Å². The van der Waals surface area contributed by atoms with Crippen LogP contribution in [0, 0.1) is 0 Å². The van der Waals surface area contributed by atoms with E-state index in [-0.39, 0.29) is 26.2 Å². The van der Waals surface area contributed by atoms with Gasteiger partial charge in [-0.1, -0.05) is 18.5 Å². The van der Waals surface area contributed by atoms with Crippen molar-refractivity contribution in [3.8, 4) is 0 Å². The third kappa shape index (κ3) is 4.04. The Hall–Kier alpha value is -1.87. The number of aromatic nitrogens is 1. The number of hydrogen-bond acceptors (Lipinski definition) is 7. The zero-order chi connectivity index (χ0) is 18.6. The van der Waals surface area contributed by atoms with Crippen molar-refractivity contribution in [2.75, 3.05) is 19.8 Å². The van der Waals surface area contributed by atoms with Crippen LogP contribution < -0.4 is 11.5 Å². The number of aliphatic hydroxyl groups excluding tert-OH is 2. The van der Waals surface area contributed by atoms with Crippen LogP contribution in [0.1, 0.15) is 18.9 Å². The number of nitrogens with zero attached hydrogens (tertiary/aromatic N) is 1. The van der Waals surface area contributed by atoms with Gasteiger partial charge in [0.05, 0.1) is 25.3 Å². The Bertz CT molecular complexity index is 815. The van der Waals surface area contributed by atoms with Gasteiger partial charge >= 0.3 is 11.7 Å². The van der Waals surface area contributed by atoms with E-state index < -0.39 is 23.9 Å². The number of aliphatic hydroxyl groups is 2. The number of ether oxygens (including phenoxy) is 1. The lowest BCUT2D eigenvalue weighted by atomic mass is 10.0. The van der Waals surface area contributed by atoms with E-state index >= 15 is 0 Å². The van der Waals surface area contributed by atoms with E-state index in [4.69, 9.17) is 31.6 Å². The molecule has 138 valence electrons. The van der Waals surface area contributed by atoms with Crippen LogP contribution in [0.25, 0.3) is 11.1 Å². The molecule has 0 amide bonds. The first-order valence-electron chi connectivity index (χ1n) is 7.86. The highest BCUT2D eigenvalue weighted by molar-refractivity contribution is 6.32. The lowest BCUT2D eigenvalue weighted by Crippen LogP contribution is -2.56. The molecular weight excluding hydrogens is 352 g/mol. The third-order valence-electron chi connectivity index (χ3n) is 3.88. The van der Waals surface area contributed by atoms with E-state index in [0.717, 1.165) is 10.1 Å². The second-order valence-corrected chi connectivity index (χ2v) is 6.15. The maximum absolute atomic E-state index is 12.2. The maximum atomic E-state index is 12.2. The largest absolute Gasteiger partial charge is 0.464 e. The number of carbonyl (C=O) groups is 1. The minimum Gasteiger partial charge on any atom is -0.464 e. The minimum absolute atomic E-state index is 0.0407. The van der Waals surface area contributed by atoms with Crippen LogP contribution in [0.5, 0.6) is 0 Å². The quantitative estimate of drug-likeness (QED) is 0.452. The summed E-state index contributed by atoms with van der Waals surface area (Å²) in [5.41, 5.74) is 5.63. The highest BCUT2D eigenvalue weighted by Crippen LogP contribution is 2.25. The van der Waals surface area contributed by atoms with E-state index in [9.17, 15) is 14.7 Å². The zero-order valence-corrected chi connectivity index (χ0v) is 14.6. The number of hydrogen-bond donors (Lipinski definition) is 3. The van der Waals surface area contributed by atoms with Crippen LogP contribution in [-0.2, 0) is 22.5 Å². The number of rotatable bonds is 8. The van der Waals surface area contributed by atoms with Crippen molar-refractivity contribution in [3.05, 3.63) is 33.3 Å². The number of halogens is 1. The Kier molecular flexibility index (Phi) is 6.23. The molecule has 2 rings (SSSR count). The van der Waals surface area contributed by atoms with Crippen LogP contribution in [0.4, 0.5) is 0 Å². The summed E-state index contributed by atoms with van der Waals surface area (Å²) in [4.78, 5) is 24.3. The Morgan fingerprint density at radius 3 is 2.76 bits per heavy atom. The molecule has 25 heavy (non-hydrogen) atoms. The van der Waals surface area contributed by atoms with E-state index in [1.165, 1.54) is 0 Å². The summed E-state index contributed by atoms with van der Waals surface area (Å²) in [5.74, 6) is -1.59. The molecule has 1 atom stereocenters. The zero-order valence-electron chi connectivity index (χ0n) is 13.8. The molecule has 9 heteroatoms. The van der Waals surface area contributed by atoms with Crippen molar-refractivity contribution >= 4 is 28.7 Å². The van der Waals surface area contributed by atoms with Crippen molar-refractivity contribution in [2.24, 2.45) is 5.73 Å². The maximum Gasteiger partial charge on any atom is 0.420 e. The molecule has 0 fully saturated rings. The second-order valence-electron chi connectivity index (χ2n) is 5.75. The Labute approximate surface area is 148 Å². The molecule has 0 saturated heterocycles. The molecule has 8 nitrogen and oxygen atoms in total. The lowest BCUT2D eigenvalue weighted by Gasteiger charge is -2.25. The van der Waals surface area contributed by atoms with Gasteiger partial charge in [-0.2, -0.15) is 0 Å². The van der Waals surface area contributed by atoms with Crippen LogP contribution >= 0.6 is 11.6 Å². The van der Waals surface area contributed by atoms with E-state index in [1.807, 2.05) is 6.92 Å². The fourth-order valence-electron chi connectivity index (χ4n) is 2.38. The van der Waals surface area contributed by atoms with Crippen molar-refractivity contribution in [1.29, 1.82) is 0 Å². The molecule has 1 heterocycles. The molecule has 0 radical (unpaired) electrons. The molecule has 0 saturated carbocycles. The van der Waals surface area contributed by atoms with Gasteiger partial charge in [0.1, 0.15) is 0 Å². The molecule has 1 aromatic carbocycles. The average Bonchev–Trinajstić information content (AvgIpc) is 2.88. The fourth-order valence-corrected chi connectivity index (χ4v) is 2.67. The van der Waals surface area contributed by atoms with Crippen LogP contribution in [0.3, 0.4) is 0 Å². The molecule has 2 aromatic rings. The summed E-state index contributed by atoms with van der Waals surface area (Å²) in [6.07, 6.45) is 0.912.